The number of amides is 1. The molecule has 0 aromatic heterocycles. The fraction of sp³-hybridized carbons (Fsp3) is 0.929. The second-order valence-corrected chi connectivity index (χ2v) is 5.34. The van der Waals surface area contributed by atoms with Crippen molar-refractivity contribution in [3.05, 3.63) is 0 Å². The lowest BCUT2D eigenvalue weighted by atomic mass is 9.80. The zero-order chi connectivity index (χ0) is 12.9. The molecule has 1 fully saturated rings. The van der Waals surface area contributed by atoms with E-state index in [0.717, 1.165) is 44.7 Å². The van der Waals surface area contributed by atoms with Crippen LogP contribution in [0.15, 0.2) is 0 Å². The molecule has 4 heteroatoms. The van der Waals surface area contributed by atoms with Crippen molar-refractivity contribution in [2.45, 2.75) is 52.9 Å². The Hall–Kier alpha value is -0.280. The molecule has 108 valence electrons. The Morgan fingerprint density at radius 3 is 2.06 bits per heavy atom. The predicted molar refractivity (Wildman–Crippen MR) is 78.9 cm³/mol. The van der Waals surface area contributed by atoms with Gasteiger partial charge in [0.25, 0.3) is 0 Å². The van der Waals surface area contributed by atoms with E-state index >= 15 is 0 Å². The van der Waals surface area contributed by atoms with Crippen molar-refractivity contribution in [1.29, 1.82) is 0 Å². The van der Waals surface area contributed by atoms with Crippen molar-refractivity contribution in [2.24, 2.45) is 17.1 Å². The standard InChI is InChI=1S/C14H28N2O.ClH/c1-4-12-7-9-16(10-8-12)13(17)14(5-2,6-3)11-15;/h12H,4-11,15H2,1-3H3;1H. The summed E-state index contributed by atoms with van der Waals surface area (Å²) in [7, 11) is 0. The van der Waals surface area contributed by atoms with Crippen LogP contribution in [0.3, 0.4) is 0 Å². The highest BCUT2D eigenvalue weighted by Crippen LogP contribution is 2.30. The largest absolute Gasteiger partial charge is 0.342 e. The Morgan fingerprint density at radius 1 is 1.22 bits per heavy atom. The van der Waals surface area contributed by atoms with Gasteiger partial charge in [0, 0.05) is 19.6 Å². The van der Waals surface area contributed by atoms with Gasteiger partial charge < -0.3 is 10.6 Å². The van der Waals surface area contributed by atoms with Gasteiger partial charge in [-0.1, -0.05) is 27.2 Å². The maximum absolute atomic E-state index is 12.6. The summed E-state index contributed by atoms with van der Waals surface area (Å²) < 4.78 is 0. The first-order valence-corrected chi connectivity index (χ1v) is 7.13. The second-order valence-electron chi connectivity index (χ2n) is 5.34. The van der Waals surface area contributed by atoms with E-state index in [2.05, 4.69) is 20.8 Å². The number of hydrogen-bond donors (Lipinski definition) is 1. The van der Waals surface area contributed by atoms with Crippen LogP contribution in [0.5, 0.6) is 0 Å². The third kappa shape index (κ3) is 3.61. The highest BCUT2D eigenvalue weighted by atomic mass is 35.5. The van der Waals surface area contributed by atoms with Gasteiger partial charge in [0.2, 0.25) is 5.91 Å². The number of nitrogens with zero attached hydrogens (tertiary/aromatic N) is 1. The molecule has 18 heavy (non-hydrogen) atoms. The van der Waals surface area contributed by atoms with Gasteiger partial charge in [-0.2, -0.15) is 0 Å². The third-order valence-electron chi connectivity index (χ3n) is 4.68. The smallest absolute Gasteiger partial charge is 0.230 e. The Labute approximate surface area is 118 Å². The van der Waals surface area contributed by atoms with Gasteiger partial charge in [0.1, 0.15) is 0 Å². The summed E-state index contributed by atoms with van der Waals surface area (Å²) in [4.78, 5) is 14.6. The summed E-state index contributed by atoms with van der Waals surface area (Å²) >= 11 is 0. The van der Waals surface area contributed by atoms with Crippen LogP contribution >= 0.6 is 12.4 Å². The summed E-state index contributed by atoms with van der Waals surface area (Å²) in [6.45, 7) is 8.73. The molecule has 0 saturated carbocycles. The van der Waals surface area contributed by atoms with Crippen LogP contribution in [0.4, 0.5) is 0 Å². The van der Waals surface area contributed by atoms with Gasteiger partial charge >= 0.3 is 0 Å². The first-order valence-electron chi connectivity index (χ1n) is 7.13. The molecule has 0 atom stereocenters. The number of nitrogens with two attached hydrogens (primary N) is 1. The third-order valence-corrected chi connectivity index (χ3v) is 4.68. The summed E-state index contributed by atoms with van der Waals surface area (Å²) in [6, 6.07) is 0. The Bertz CT molecular complexity index is 238. The van der Waals surface area contributed by atoms with Crippen LogP contribution in [-0.2, 0) is 4.79 Å². The fourth-order valence-electron chi connectivity index (χ4n) is 2.81. The first-order chi connectivity index (χ1) is 8.13. The van der Waals surface area contributed by atoms with Crippen molar-refractivity contribution >= 4 is 18.3 Å². The van der Waals surface area contributed by atoms with Crippen LogP contribution < -0.4 is 5.73 Å². The SMILES string of the molecule is CCC1CCN(C(=O)C(CC)(CC)CN)CC1.Cl. The first kappa shape index (κ1) is 17.7. The summed E-state index contributed by atoms with van der Waals surface area (Å²) in [6.07, 6.45) is 5.28. The molecule has 0 aliphatic carbocycles. The summed E-state index contributed by atoms with van der Waals surface area (Å²) in [5, 5.41) is 0. The van der Waals surface area contributed by atoms with Crippen molar-refractivity contribution < 1.29 is 4.79 Å². The quantitative estimate of drug-likeness (QED) is 0.839. The van der Waals surface area contributed by atoms with E-state index in [1.165, 1.54) is 6.42 Å². The summed E-state index contributed by atoms with van der Waals surface area (Å²) in [5.41, 5.74) is 5.54. The minimum atomic E-state index is -0.306. The zero-order valence-electron chi connectivity index (χ0n) is 12.1. The van der Waals surface area contributed by atoms with Gasteiger partial charge in [-0.15, -0.1) is 12.4 Å². The van der Waals surface area contributed by atoms with Gasteiger partial charge in [-0.3, -0.25) is 4.79 Å². The molecule has 3 nitrogen and oxygen atoms in total. The number of carbonyl (C=O) groups is 1. The van der Waals surface area contributed by atoms with Crippen LogP contribution in [0.2, 0.25) is 0 Å². The summed E-state index contributed by atoms with van der Waals surface area (Å²) in [5.74, 6) is 1.11. The van der Waals surface area contributed by atoms with E-state index in [9.17, 15) is 4.79 Å². The van der Waals surface area contributed by atoms with Gasteiger partial charge in [0.15, 0.2) is 0 Å². The molecule has 1 saturated heterocycles. The van der Waals surface area contributed by atoms with Crippen LogP contribution in [0.25, 0.3) is 0 Å². The number of carbonyl (C=O) groups excluding carboxylic acids is 1. The maximum atomic E-state index is 12.6. The number of likely N-dealkylation sites (tertiary alicyclic amines) is 1. The Kier molecular flexibility index (Phi) is 7.88. The lowest BCUT2D eigenvalue weighted by Gasteiger charge is -2.39. The Balaban J connectivity index is 0.00000289. The molecular formula is C14H29ClN2O. The zero-order valence-corrected chi connectivity index (χ0v) is 12.9. The van der Waals surface area contributed by atoms with E-state index in [-0.39, 0.29) is 17.8 Å². The Morgan fingerprint density at radius 2 is 1.72 bits per heavy atom. The number of halogens is 1. The van der Waals surface area contributed by atoms with Crippen LogP contribution in [0.1, 0.15) is 52.9 Å². The monoisotopic (exact) mass is 276 g/mol. The average Bonchev–Trinajstić information content (AvgIpc) is 2.41. The highest BCUT2D eigenvalue weighted by molar-refractivity contribution is 5.85. The van der Waals surface area contributed by atoms with Gasteiger partial charge in [0.05, 0.1) is 5.41 Å². The highest BCUT2D eigenvalue weighted by Gasteiger charge is 2.37. The molecule has 0 aromatic rings. The average molecular weight is 277 g/mol. The van der Waals surface area contributed by atoms with Crippen molar-refractivity contribution in [2.75, 3.05) is 19.6 Å². The lowest BCUT2D eigenvalue weighted by Crippen LogP contribution is -2.50. The van der Waals surface area contributed by atoms with Crippen molar-refractivity contribution in [3.63, 3.8) is 0 Å². The molecule has 0 aromatic carbocycles. The molecule has 1 rings (SSSR count). The number of rotatable bonds is 5. The fourth-order valence-corrected chi connectivity index (χ4v) is 2.81. The molecule has 0 spiro atoms. The molecule has 1 amide bonds. The molecule has 1 aliphatic rings. The van der Waals surface area contributed by atoms with Crippen molar-refractivity contribution in [1.82, 2.24) is 4.90 Å². The van der Waals surface area contributed by atoms with E-state index in [4.69, 9.17) is 5.73 Å². The maximum Gasteiger partial charge on any atom is 0.230 e. The van der Waals surface area contributed by atoms with E-state index in [0.29, 0.717) is 12.5 Å². The second kappa shape index (κ2) is 8.00. The van der Waals surface area contributed by atoms with E-state index in [1.807, 2.05) is 4.90 Å². The predicted octanol–water partition coefficient (Wildman–Crippen LogP) is 2.82. The van der Waals surface area contributed by atoms with Gasteiger partial charge in [-0.05, 0) is 31.6 Å². The van der Waals surface area contributed by atoms with Gasteiger partial charge in [-0.25, -0.2) is 0 Å². The number of hydrogen-bond acceptors (Lipinski definition) is 2. The molecule has 0 radical (unpaired) electrons. The minimum absolute atomic E-state index is 0. The minimum Gasteiger partial charge on any atom is -0.342 e. The van der Waals surface area contributed by atoms with Crippen LogP contribution in [-0.4, -0.2) is 30.4 Å². The van der Waals surface area contributed by atoms with Crippen LogP contribution in [0, 0.1) is 11.3 Å². The molecule has 0 unspecified atom stereocenters. The lowest BCUT2D eigenvalue weighted by molar-refractivity contribution is -0.143. The van der Waals surface area contributed by atoms with Crippen molar-refractivity contribution in [3.8, 4) is 0 Å². The van der Waals surface area contributed by atoms with E-state index in [1.54, 1.807) is 0 Å². The van der Waals surface area contributed by atoms with E-state index < -0.39 is 0 Å². The normalized spacial score (nSPS) is 17.4. The molecule has 0 bridgehead atoms. The topological polar surface area (TPSA) is 46.3 Å². The molecule has 1 heterocycles. The molecular weight excluding hydrogens is 248 g/mol. The molecule has 2 N–H and O–H groups in total. The molecule has 1 aliphatic heterocycles. The number of piperidine rings is 1.